The topological polar surface area (TPSA) is 29.5 Å². The molecule has 108 valence electrons. The van der Waals surface area contributed by atoms with Crippen LogP contribution in [0, 0.1) is 11.7 Å². The van der Waals surface area contributed by atoms with Gasteiger partial charge >= 0.3 is 0 Å². The highest BCUT2D eigenvalue weighted by Crippen LogP contribution is 2.30. The van der Waals surface area contributed by atoms with Crippen molar-refractivity contribution in [3.63, 3.8) is 0 Å². The molecule has 1 saturated carbocycles. The van der Waals surface area contributed by atoms with E-state index < -0.39 is 5.82 Å². The van der Waals surface area contributed by atoms with Crippen LogP contribution >= 0.6 is 11.6 Å². The Morgan fingerprint density at radius 1 is 1.40 bits per heavy atom. The Labute approximate surface area is 122 Å². The van der Waals surface area contributed by atoms with E-state index in [1.54, 1.807) is 4.90 Å². The van der Waals surface area contributed by atoms with E-state index in [0.717, 1.165) is 18.9 Å². The SMILES string of the molecule is O=C(c1ccc(F)cc1Cl)N1CCC(OCC2CC2)C1. The summed E-state index contributed by atoms with van der Waals surface area (Å²) in [5, 5.41) is 0.164. The van der Waals surface area contributed by atoms with Gasteiger partial charge in [0.05, 0.1) is 16.7 Å². The van der Waals surface area contributed by atoms with Gasteiger partial charge in [-0.05, 0) is 43.4 Å². The number of hydrogen-bond acceptors (Lipinski definition) is 2. The number of rotatable bonds is 4. The molecule has 3 nitrogen and oxygen atoms in total. The van der Waals surface area contributed by atoms with Gasteiger partial charge in [0.15, 0.2) is 0 Å². The van der Waals surface area contributed by atoms with Crippen molar-refractivity contribution in [1.29, 1.82) is 0 Å². The van der Waals surface area contributed by atoms with Crippen LogP contribution in [-0.4, -0.2) is 36.6 Å². The standard InChI is InChI=1S/C15H17ClFNO2/c16-14-7-11(17)3-4-13(14)15(19)18-6-5-12(8-18)20-9-10-1-2-10/h3-4,7,10,12H,1-2,5-6,8-9H2. The summed E-state index contributed by atoms with van der Waals surface area (Å²) in [6.07, 6.45) is 3.51. The number of nitrogens with zero attached hydrogens (tertiary/aromatic N) is 1. The summed E-state index contributed by atoms with van der Waals surface area (Å²) in [5.74, 6) is 0.150. The van der Waals surface area contributed by atoms with Crippen LogP contribution in [-0.2, 0) is 4.74 Å². The number of ether oxygens (including phenoxy) is 1. The quantitative estimate of drug-likeness (QED) is 0.854. The van der Waals surface area contributed by atoms with Gasteiger partial charge in [0.1, 0.15) is 5.82 Å². The van der Waals surface area contributed by atoms with Gasteiger partial charge in [0, 0.05) is 19.7 Å². The molecule has 2 aliphatic rings. The zero-order valence-electron chi connectivity index (χ0n) is 11.1. The lowest BCUT2D eigenvalue weighted by atomic mass is 10.2. The van der Waals surface area contributed by atoms with Crippen molar-refractivity contribution in [2.24, 2.45) is 5.92 Å². The minimum atomic E-state index is -0.432. The van der Waals surface area contributed by atoms with Crippen LogP contribution in [0.25, 0.3) is 0 Å². The molecule has 0 radical (unpaired) electrons. The number of halogens is 2. The van der Waals surface area contributed by atoms with E-state index >= 15 is 0 Å². The molecule has 5 heteroatoms. The fourth-order valence-corrected chi connectivity index (χ4v) is 2.69. The van der Waals surface area contributed by atoms with Crippen LogP contribution in [0.15, 0.2) is 18.2 Å². The summed E-state index contributed by atoms with van der Waals surface area (Å²) in [5.41, 5.74) is 0.357. The second-order valence-electron chi connectivity index (χ2n) is 5.56. The average Bonchev–Trinajstić information content (AvgIpc) is 3.13. The molecule has 0 bridgehead atoms. The van der Waals surface area contributed by atoms with Gasteiger partial charge in [-0.2, -0.15) is 0 Å². The average molecular weight is 298 g/mol. The van der Waals surface area contributed by atoms with E-state index in [0.29, 0.717) is 18.7 Å². The van der Waals surface area contributed by atoms with Crippen LogP contribution < -0.4 is 0 Å². The van der Waals surface area contributed by atoms with E-state index in [9.17, 15) is 9.18 Å². The molecule has 1 heterocycles. The zero-order chi connectivity index (χ0) is 14.1. The second kappa shape index (κ2) is 5.70. The molecule has 1 aliphatic carbocycles. The maximum absolute atomic E-state index is 13.0. The summed E-state index contributed by atoms with van der Waals surface area (Å²) in [4.78, 5) is 14.1. The molecule has 1 atom stereocenters. The van der Waals surface area contributed by atoms with E-state index in [1.165, 1.54) is 31.0 Å². The zero-order valence-corrected chi connectivity index (χ0v) is 11.9. The van der Waals surface area contributed by atoms with Crippen molar-refractivity contribution in [1.82, 2.24) is 4.90 Å². The van der Waals surface area contributed by atoms with Crippen molar-refractivity contribution in [3.05, 3.63) is 34.6 Å². The first-order chi connectivity index (χ1) is 9.63. The number of hydrogen-bond donors (Lipinski definition) is 0. The Morgan fingerprint density at radius 3 is 2.90 bits per heavy atom. The van der Waals surface area contributed by atoms with E-state index in [-0.39, 0.29) is 17.0 Å². The molecule has 0 N–H and O–H groups in total. The van der Waals surface area contributed by atoms with Crippen molar-refractivity contribution in [2.45, 2.75) is 25.4 Å². The highest BCUT2D eigenvalue weighted by atomic mass is 35.5. The lowest BCUT2D eigenvalue weighted by Gasteiger charge is -2.17. The molecule has 2 fully saturated rings. The van der Waals surface area contributed by atoms with Crippen LogP contribution in [0.1, 0.15) is 29.6 Å². The molecular weight excluding hydrogens is 281 g/mol. The Morgan fingerprint density at radius 2 is 2.20 bits per heavy atom. The van der Waals surface area contributed by atoms with Gasteiger partial charge in [0.2, 0.25) is 0 Å². The largest absolute Gasteiger partial charge is 0.376 e. The van der Waals surface area contributed by atoms with E-state index in [2.05, 4.69) is 0 Å². The molecule has 1 aromatic rings. The third-order valence-corrected chi connectivity index (χ3v) is 4.17. The Kier molecular flexibility index (Phi) is 3.94. The number of amides is 1. The molecule has 1 saturated heterocycles. The fourth-order valence-electron chi connectivity index (χ4n) is 2.44. The molecule has 0 aromatic heterocycles. The Bertz CT molecular complexity index is 519. The summed E-state index contributed by atoms with van der Waals surface area (Å²) < 4.78 is 18.8. The summed E-state index contributed by atoms with van der Waals surface area (Å²) in [6.45, 7) is 2.07. The number of likely N-dealkylation sites (tertiary alicyclic amines) is 1. The highest BCUT2D eigenvalue weighted by Gasteiger charge is 2.30. The van der Waals surface area contributed by atoms with Crippen molar-refractivity contribution in [3.8, 4) is 0 Å². The van der Waals surface area contributed by atoms with Gasteiger partial charge in [0.25, 0.3) is 5.91 Å². The Balaban J connectivity index is 1.59. The normalized spacial score (nSPS) is 22.3. The number of benzene rings is 1. The third-order valence-electron chi connectivity index (χ3n) is 3.86. The van der Waals surface area contributed by atoms with Crippen LogP contribution in [0.2, 0.25) is 5.02 Å². The lowest BCUT2D eigenvalue weighted by molar-refractivity contribution is 0.0480. The molecule has 1 aromatic carbocycles. The molecule has 1 aliphatic heterocycles. The summed E-state index contributed by atoms with van der Waals surface area (Å²) >= 11 is 5.93. The highest BCUT2D eigenvalue weighted by molar-refractivity contribution is 6.33. The lowest BCUT2D eigenvalue weighted by Crippen LogP contribution is -2.30. The molecule has 3 rings (SSSR count). The fraction of sp³-hybridized carbons (Fsp3) is 0.533. The van der Waals surface area contributed by atoms with E-state index in [4.69, 9.17) is 16.3 Å². The first-order valence-electron chi connectivity index (χ1n) is 6.99. The second-order valence-corrected chi connectivity index (χ2v) is 5.97. The van der Waals surface area contributed by atoms with Crippen molar-refractivity contribution < 1.29 is 13.9 Å². The molecule has 20 heavy (non-hydrogen) atoms. The predicted molar refractivity (Wildman–Crippen MR) is 74.4 cm³/mol. The smallest absolute Gasteiger partial charge is 0.255 e. The van der Waals surface area contributed by atoms with E-state index in [1.807, 2.05) is 0 Å². The minimum absolute atomic E-state index is 0.124. The first kappa shape index (κ1) is 13.8. The molecule has 1 unspecified atom stereocenters. The Hall–Kier alpha value is -1.13. The summed E-state index contributed by atoms with van der Waals surface area (Å²) in [7, 11) is 0. The van der Waals surface area contributed by atoms with Crippen LogP contribution in [0.3, 0.4) is 0 Å². The molecular formula is C15H17ClFNO2. The van der Waals surface area contributed by atoms with Gasteiger partial charge in [-0.15, -0.1) is 0 Å². The molecule has 0 spiro atoms. The summed E-state index contributed by atoms with van der Waals surface area (Å²) in [6, 6.07) is 3.88. The minimum Gasteiger partial charge on any atom is -0.376 e. The van der Waals surface area contributed by atoms with Gasteiger partial charge in [-0.3, -0.25) is 4.79 Å². The van der Waals surface area contributed by atoms with Gasteiger partial charge < -0.3 is 9.64 Å². The monoisotopic (exact) mass is 297 g/mol. The number of carbonyl (C=O) groups is 1. The maximum Gasteiger partial charge on any atom is 0.255 e. The first-order valence-corrected chi connectivity index (χ1v) is 7.37. The van der Waals surface area contributed by atoms with Crippen LogP contribution in [0.5, 0.6) is 0 Å². The maximum atomic E-state index is 13.0. The van der Waals surface area contributed by atoms with Crippen molar-refractivity contribution >= 4 is 17.5 Å². The predicted octanol–water partition coefficient (Wildman–Crippen LogP) is 3.12. The van der Waals surface area contributed by atoms with Crippen LogP contribution in [0.4, 0.5) is 4.39 Å². The molecule has 1 amide bonds. The number of carbonyl (C=O) groups excluding carboxylic acids is 1. The van der Waals surface area contributed by atoms with Crippen molar-refractivity contribution in [2.75, 3.05) is 19.7 Å². The van der Waals surface area contributed by atoms with Gasteiger partial charge in [-0.1, -0.05) is 11.6 Å². The third kappa shape index (κ3) is 3.13. The van der Waals surface area contributed by atoms with Gasteiger partial charge in [-0.25, -0.2) is 4.39 Å².